The number of nitrogens with one attached hydrogen (secondary N) is 1. The van der Waals surface area contributed by atoms with E-state index in [0.717, 1.165) is 21.6 Å². The van der Waals surface area contributed by atoms with Gasteiger partial charge in [-0.15, -0.1) is 11.3 Å². The SMILES string of the molecule is COCCNc1nc(Cl)nc2scc(C)c12. The Bertz CT molecular complexity index is 500. The van der Waals surface area contributed by atoms with Crippen molar-refractivity contribution in [3.63, 3.8) is 0 Å². The fraction of sp³-hybridized carbons (Fsp3) is 0.400. The second-order valence-corrected chi connectivity index (χ2v) is 4.56. The van der Waals surface area contributed by atoms with E-state index in [4.69, 9.17) is 16.3 Å². The van der Waals surface area contributed by atoms with Gasteiger partial charge < -0.3 is 10.1 Å². The van der Waals surface area contributed by atoms with Crippen LogP contribution >= 0.6 is 22.9 Å². The number of anilines is 1. The number of aryl methyl sites for hydroxylation is 1. The third kappa shape index (κ3) is 2.26. The number of fused-ring (bicyclic) bond motifs is 1. The van der Waals surface area contributed by atoms with Gasteiger partial charge in [-0.05, 0) is 29.5 Å². The van der Waals surface area contributed by atoms with Crippen molar-refractivity contribution < 1.29 is 4.74 Å². The highest BCUT2D eigenvalue weighted by molar-refractivity contribution is 7.17. The van der Waals surface area contributed by atoms with E-state index < -0.39 is 0 Å². The summed E-state index contributed by atoms with van der Waals surface area (Å²) >= 11 is 7.43. The van der Waals surface area contributed by atoms with Crippen LogP contribution in [0.3, 0.4) is 0 Å². The first-order chi connectivity index (χ1) is 7.72. The minimum atomic E-state index is 0.272. The molecule has 0 fully saturated rings. The molecule has 16 heavy (non-hydrogen) atoms. The summed E-state index contributed by atoms with van der Waals surface area (Å²) in [6, 6.07) is 0. The summed E-state index contributed by atoms with van der Waals surface area (Å²) in [5.74, 6) is 0.783. The molecule has 2 aromatic heterocycles. The van der Waals surface area contributed by atoms with Crippen molar-refractivity contribution in [1.29, 1.82) is 0 Å². The van der Waals surface area contributed by atoms with Crippen LogP contribution in [0.5, 0.6) is 0 Å². The maximum atomic E-state index is 5.86. The van der Waals surface area contributed by atoms with Crippen molar-refractivity contribution in [2.75, 3.05) is 25.6 Å². The second kappa shape index (κ2) is 4.95. The van der Waals surface area contributed by atoms with E-state index >= 15 is 0 Å². The average molecular weight is 258 g/mol. The zero-order valence-electron chi connectivity index (χ0n) is 9.08. The molecule has 0 saturated carbocycles. The maximum absolute atomic E-state index is 5.86. The zero-order chi connectivity index (χ0) is 11.5. The molecule has 0 atom stereocenters. The zero-order valence-corrected chi connectivity index (χ0v) is 10.7. The number of methoxy groups -OCH3 is 1. The predicted molar refractivity (Wildman–Crippen MR) is 67.5 cm³/mol. The van der Waals surface area contributed by atoms with Crippen LogP contribution in [0.4, 0.5) is 5.82 Å². The van der Waals surface area contributed by atoms with E-state index in [1.54, 1.807) is 18.4 Å². The molecule has 0 bridgehead atoms. The van der Waals surface area contributed by atoms with Gasteiger partial charge in [-0.2, -0.15) is 0 Å². The molecule has 2 aromatic rings. The number of hydrogen-bond acceptors (Lipinski definition) is 5. The highest BCUT2D eigenvalue weighted by atomic mass is 35.5. The number of rotatable bonds is 4. The van der Waals surface area contributed by atoms with Crippen LogP contribution in [-0.2, 0) is 4.74 Å². The van der Waals surface area contributed by atoms with Gasteiger partial charge in [0.2, 0.25) is 5.28 Å². The Morgan fingerprint density at radius 1 is 1.50 bits per heavy atom. The predicted octanol–water partition coefficient (Wildman–Crippen LogP) is 2.71. The molecule has 0 aliphatic rings. The van der Waals surface area contributed by atoms with Gasteiger partial charge in [0.15, 0.2) is 0 Å². The molecule has 0 aromatic carbocycles. The van der Waals surface area contributed by atoms with Gasteiger partial charge in [-0.25, -0.2) is 9.97 Å². The summed E-state index contributed by atoms with van der Waals surface area (Å²) in [6.07, 6.45) is 0. The van der Waals surface area contributed by atoms with Crippen LogP contribution in [0, 0.1) is 6.92 Å². The number of thiophene rings is 1. The molecule has 0 aliphatic heterocycles. The molecule has 6 heteroatoms. The van der Waals surface area contributed by atoms with Crippen LogP contribution in [0.25, 0.3) is 10.2 Å². The van der Waals surface area contributed by atoms with E-state index in [1.807, 2.05) is 6.92 Å². The summed E-state index contributed by atoms with van der Waals surface area (Å²) in [4.78, 5) is 9.30. The lowest BCUT2D eigenvalue weighted by Gasteiger charge is -2.06. The van der Waals surface area contributed by atoms with E-state index in [9.17, 15) is 0 Å². The third-order valence-corrected chi connectivity index (χ3v) is 3.35. The van der Waals surface area contributed by atoms with Crippen LogP contribution < -0.4 is 5.32 Å². The van der Waals surface area contributed by atoms with Crippen LogP contribution in [0.15, 0.2) is 5.38 Å². The summed E-state index contributed by atoms with van der Waals surface area (Å²) < 4.78 is 4.98. The number of hydrogen-bond donors (Lipinski definition) is 1. The van der Waals surface area contributed by atoms with Gasteiger partial charge in [0, 0.05) is 13.7 Å². The first-order valence-corrected chi connectivity index (χ1v) is 6.12. The van der Waals surface area contributed by atoms with E-state index in [-0.39, 0.29) is 5.28 Å². The smallest absolute Gasteiger partial charge is 0.225 e. The van der Waals surface area contributed by atoms with Gasteiger partial charge in [-0.1, -0.05) is 0 Å². The Labute approximate surface area is 103 Å². The molecule has 4 nitrogen and oxygen atoms in total. The molecular formula is C10H12ClN3OS. The normalized spacial score (nSPS) is 10.9. The Hall–Kier alpha value is -0.910. The minimum absolute atomic E-state index is 0.272. The van der Waals surface area contributed by atoms with E-state index in [0.29, 0.717) is 13.2 Å². The van der Waals surface area contributed by atoms with E-state index in [1.165, 1.54) is 0 Å². The lowest BCUT2D eigenvalue weighted by Crippen LogP contribution is -2.09. The van der Waals surface area contributed by atoms with Gasteiger partial charge in [0.05, 0.1) is 12.0 Å². The Balaban J connectivity index is 2.37. The highest BCUT2D eigenvalue weighted by Gasteiger charge is 2.10. The maximum Gasteiger partial charge on any atom is 0.225 e. The van der Waals surface area contributed by atoms with E-state index in [2.05, 4.69) is 20.7 Å². The summed E-state index contributed by atoms with van der Waals surface area (Å²) in [6.45, 7) is 3.37. The molecule has 0 saturated heterocycles. The molecule has 86 valence electrons. The largest absolute Gasteiger partial charge is 0.383 e. The Kier molecular flexibility index (Phi) is 3.58. The summed E-state index contributed by atoms with van der Waals surface area (Å²) in [7, 11) is 1.67. The van der Waals surface area contributed by atoms with Crippen LogP contribution in [0.1, 0.15) is 5.56 Å². The molecule has 0 aliphatic carbocycles. The molecule has 0 amide bonds. The Morgan fingerprint density at radius 3 is 3.06 bits per heavy atom. The van der Waals surface area contributed by atoms with Crippen molar-refractivity contribution in [2.24, 2.45) is 0 Å². The lowest BCUT2D eigenvalue weighted by atomic mass is 10.2. The molecular weight excluding hydrogens is 246 g/mol. The van der Waals surface area contributed by atoms with Crippen LogP contribution in [0.2, 0.25) is 5.28 Å². The second-order valence-electron chi connectivity index (χ2n) is 3.36. The molecule has 1 N–H and O–H groups in total. The average Bonchev–Trinajstić information content (AvgIpc) is 2.60. The first-order valence-electron chi connectivity index (χ1n) is 4.86. The number of ether oxygens (including phenoxy) is 1. The number of halogens is 1. The standard InChI is InChI=1S/C10H12ClN3OS/c1-6-5-16-9-7(6)8(12-3-4-15-2)13-10(11)14-9/h5H,3-4H2,1-2H3,(H,12,13,14). The molecule has 2 rings (SSSR count). The topological polar surface area (TPSA) is 47.0 Å². The lowest BCUT2D eigenvalue weighted by molar-refractivity contribution is 0.210. The summed E-state index contributed by atoms with van der Waals surface area (Å²) in [5, 5.41) is 6.57. The third-order valence-electron chi connectivity index (χ3n) is 2.19. The van der Waals surface area contributed by atoms with Gasteiger partial charge in [-0.3, -0.25) is 0 Å². The van der Waals surface area contributed by atoms with Gasteiger partial charge in [0.1, 0.15) is 10.6 Å². The van der Waals surface area contributed by atoms with Crippen molar-refractivity contribution in [2.45, 2.75) is 6.92 Å². The van der Waals surface area contributed by atoms with Crippen molar-refractivity contribution in [3.8, 4) is 0 Å². The monoisotopic (exact) mass is 257 g/mol. The fourth-order valence-corrected chi connectivity index (χ4v) is 2.60. The van der Waals surface area contributed by atoms with Crippen LogP contribution in [-0.4, -0.2) is 30.2 Å². The molecule has 0 unspecified atom stereocenters. The minimum Gasteiger partial charge on any atom is -0.383 e. The first kappa shape index (κ1) is 11.6. The number of aromatic nitrogens is 2. The Morgan fingerprint density at radius 2 is 2.31 bits per heavy atom. The van der Waals surface area contributed by atoms with Gasteiger partial charge >= 0.3 is 0 Å². The molecule has 2 heterocycles. The summed E-state index contributed by atoms with van der Waals surface area (Å²) in [5.41, 5.74) is 1.16. The molecule has 0 radical (unpaired) electrons. The fourth-order valence-electron chi connectivity index (χ4n) is 1.46. The van der Waals surface area contributed by atoms with Crippen molar-refractivity contribution >= 4 is 39.0 Å². The number of nitrogens with zero attached hydrogens (tertiary/aromatic N) is 2. The van der Waals surface area contributed by atoms with Gasteiger partial charge in [0.25, 0.3) is 0 Å². The van der Waals surface area contributed by atoms with Crippen molar-refractivity contribution in [3.05, 3.63) is 16.2 Å². The molecule has 0 spiro atoms. The van der Waals surface area contributed by atoms with Crippen molar-refractivity contribution in [1.82, 2.24) is 9.97 Å². The quantitative estimate of drug-likeness (QED) is 0.676. The highest BCUT2D eigenvalue weighted by Crippen LogP contribution is 2.30.